The SMILES string of the molecule is Cc1ccc(CNc2ccccc2C(F)(F)F)cn1. The highest BCUT2D eigenvalue weighted by Crippen LogP contribution is 2.34. The van der Waals surface area contributed by atoms with Crippen LogP contribution in [0.1, 0.15) is 16.8 Å². The van der Waals surface area contributed by atoms with E-state index in [1.165, 1.54) is 12.1 Å². The summed E-state index contributed by atoms with van der Waals surface area (Å²) in [6.45, 7) is 2.16. The number of hydrogen-bond acceptors (Lipinski definition) is 2. The molecule has 1 aromatic heterocycles. The van der Waals surface area contributed by atoms with E-state index >= 15 is 0 Å². The van der Waals surface area contributed by atoms with Gasteiger partial charge in [0.25, 0.3) is 0 Å². The number of nitrogens with zero attached hydrogens (tertiary/aromatic N) is 1. The van der Waals surface area contributed by atoms with Crippen LogP contribution in [0.2, 0.25) is 0 Å². The minimum atomic E-state index is -4.35. The predicted molar refractivity (Wildman–Crippen MR) is 67.7 cm³/mol. The van der Waals surface area contributed by atoms with Crippen molar-refractivity contribution in [1.82, 2.24) is 4.98 Å². The van der Waals surface area contributed by atoms with Crippen LogP contribution in [0.3, 0.4) is 0 Å². The lowest BCUT2D eigenvalue weighted by Crippen LogP contribution is -2.10. The Morgan fingerprint density at radius 2 is 1.84 bits per heavy atom. The fraction of sp³-hybridized carbons (Fsp3) is 0.214. The number of anilines is 1. The zero-order valence-corrected chi connectivity index (χ0v) is 10.3. The molecule has 0 radical (unpaired) electrons. The number of para-hydroxylation sites is 1. The molecule has 2 aromatic rings. The minimum Gasteiger partial charge on any atom is -0.380 e. The smallest absolute Gasteiger partial charge is 0.380 e. The first kappa shape index (κ1) is 13.4. The number of pyridine rings is 1. The molecule has 0 aliphatic heterocycles. The van der Waals surface area contributed by atoms with Gasteiger partial charge in [0, 0.05) is 24.1 Å². The molecule has 0 aliphatic carbocycles. The molecule has 0 saturated carbocycles. The normalized spacial score (nSPS) is 11.4. The molecule has 5 heteroatoms. The van der Waals surface area contributed by atoms with Crippen LogP contribution in [-0.4, -0.2) is 4.98 Å². The predicted octanol–water partition coefficient (Wildman–Crippen LogP) is 4.02. The third kappa shape index (κ3) is 3.47. The van der Waals surface area contributed by atoms with Gasteiger partial charge >= 0.3 is 6.18 Å². The molecular weight excluding hydrogens is 253 g/mol. The highest BCUT2D eigenvalue weighted by atomic mass is 19.4. The average Bonchev–Trinajstić information content (AvgIpc) is 2.37. The summed E-state index contributed by atoms with van der Waals surface area (Å²) >= 11 is 0. The maximum absolute atomic E-state index is 12.8. The summed E-state index contributed by atoms with van der Waals surface area (Å²) in [4.78, 5) is 4.10. The lowest BCUT2D eigenvalue weighted by atomic mass is 10.1. The second-order valence-corrected chi connectivity index (χ2v) is 4.20. The van der Waals surface area contributed by atoms with E-state index in [2.05, 4.69) is 10.3 Å². The molecule has 1 heterocycles. The summed E-state index contributed by atoms with van der Waals surface area (Å²) in [5.74, 6) is 0. The van der Waals surface area contributed by atoms with Crippen molar-refractivity contribution in [1.29, 1.82) is 0 Å². The lowest BCUT2D eigenvalue weighted by Gasteiger charge is -2.14. The van der Waals surface area contributed by atoms with Crippen molar-refractivity contribution in [3.05, 3.63) is 59.4 Å². The van der Waals surface area contributed by atoms with E-state index in [9.17, 15) is 13.2 Å². The van der Waals surface area contributed by atoms with Gasteiger partial charge < -0.3 is 5.32 Å². The van der Waals surface area contributed by atoms with Crippen molar-refractivity contribution in [2.45, 2.75) is 19.6 Å². The molecule has 0 saturated heterocycles. The fourth-order valence-corrected chi connectivity index (χ4v) is 1.68. The van der Waals surface area contributed by atoms with Crippen LogP contribution >= 0.6 is 0 Å². The van der Waals surface area contributed by atoms with E-state index in [4.69, 9.17) is 0 Å². The van der Waals surface area contributed by atoms with Gasteiger partial charge in [0.1, 0.15) is 0 Å². The number of aromatic nitrogens is 1. The van der Waals surface area contributed by atoms with Gasteiger partial charge in [0.15, 0.2) is 0 Å². The van der Waals surface area contributed by atoms with Crippen molar-refractivity contribution >= 4 is 5.69 Å². The maximum Gasteiger partial charge on any atom is 0.418 e. The molecule has 0 spiro atoms. The van der Waals surface area contributed by atoms with Gasteiger partial charge in [-0.1, -0.05) is 18.2 Å². The van der Waals surface area contributed by atoms with Crippen molar-refractivity contribution in [3.8, 4) is 0 Å². The second-order valence-electron chi connectivity index (χ2n) is 4.20. The molecule has 2 nitrogen and oxygen atoms in total. The second kappa shape index (κ2) is 5.30. The third-order valence-corrected chi connectivity index (χ3v) is 2.69. The highest BCUT2D eigenvalue weighted by Gasteiger charge is 2.32. The van der Waals surface area contributed by atoms with Gasteiger partial charge in [-0.25, -0.2) is 0 Å². The number of nitrogens with one attached hydrogen (secondary N) is 1. The molecule has 0 amide bonds. The number of halogens is 3. The Morgan fingerprint density at radius 1 is 1.11 bits per heavy atom. The Labute approximate surface area is 109 Å². The topological polar surface area (TPSA) is 24.9 Å². The molecule has 1 aromatic carbocycles. The van der Waals surface area contributed by atoms with Crippen LogP contribution < -0.4 is 5.32 Å². The van der Waals surface area contributed by atoms with E-state index < -0.39 is 11.7 Å². The number of rotatable bonds is 3. The molecule has 19 heavy (non-hydrogen) atoms. The summed E-state index contributed by atoms with van der Waals surface area (Å²) in [7, 11) is 0. The first-order chi connectivity index (χ1) is 8.97. The molecule has 0 atom stereocenters. The largest absolute Gasteiger partial charge is 0.418 e. The van der Waals surface area contributed by atoms with Crippen LogP contribution in [0.4, 0.5) is 18.9 Å². The average molecular weight is 266 g/mol. The molecule has 0 fully saturated rings. The third-order valence-electron chi connectivity index (χ3n) is 2.69. The number of benzene rings is 1. The quantitative estimate of drug-likeness (QED) is 0.907. The molecule has 100 valence electrons. The summed E-state index contributed by atoms with van der Waals surface area (Å²) in [6, 6.07) is 9.10. The van der Waals surface area contributed by atoms with Crippen LogP contribution in [-0.2, 0) is 12.7 Å². The van der Waals surface area contributed by atoms with E-state index in [1.54, 1.807) is 12.3 Å². The summed E-state index contributed by atoms with van der Waals surface area (Å²) in [6.07, 6.45) is -2.70. The zero-order valence-electron chi connectivity index (χ0n) is 10.3. The highest BCUT2D eigenvalue weighted by molar-refractivity contribution is 5.52. The first-order valence-corrected chi connectivity index (χ1v) is 5.78. The number of alkyl halides is 3. The molecule has 0 unspecified atom stereocenters. The van der Waals surface area contributed by atoms with Gasteiger partial charge in [-0.15, -0.1) is 0 Å². The monoisotopic (exact) mass is 266 g/mol. The van der Waals surface area contributed by atoms with Crippen molar-refractivity contribution in [2.75, 3.05) is 5.32 Å². The molecule has 0 bridgehead atoms. The fourth-order valence-electron chi connectivity index (χ4n) is 1.68. The Balaban J connectivity index is 2.14. The summed E-state index contributed by atoms with van der Waals surface area (Å²) < 4.78 is 38.3. The lowest BCUT2D eigenvalue weighted by molar-refractivity contribution is -0.136. The van der Waals surface area contributed by atoms with Gasteiger partial charge in [-0.2, -0.15) is 13.2 Å². The van der Waals surface area contributed by atoms with Crippen LogP contribution in [0.5, 0.6) is 0 Å². The Hall–Kier alpha value is -2.04. The van der Waals surface area contributed by atoms with Crippen molar-refractivity contribution in [3.63, 3.8) is 0 Å². The molecule has 1 N–H and O–H groups in total. The van der Waals surface area contributed by atoms with Crippen LogP contribution in [0, 0.1) is 6.92 Å². The molecule has 2 rings (SSSR count). The number of aryl methyl sites for hydroxylation is 1. The Morgan fingerprint density at radius 3 is 2.47 bits per heavy atom. The number of hydrogen-bond donors (Lipinski definition) is 1. The standard InChI is InChI=1S/C14H13F3N2/c1-10-6-7-11(8-18-10)9-19-13-5-3-2-4-12(13)14(15,16)17/h2-8,19H,9H2,1H3. The van der Waals surface area contributed by atoms with Crippen molar-refractivity contribution < 1.29 is 13.2 Å². The molecular formula is C14H13F3N2. The molecule has 0 aliphatic rings. The Kier molecular flexibility index (Phi) is 3.74. The first-order valence-electron chi connectivity index (χ1n) is 5.78. The maximum atomic E-state index is 12.8. The van der Waals surface area contributed by atoms with Gasteiger partial charge in [0.05, 0.1) is 5.56 Å². The van der Waals surface area contributed by atoms with Gasteiger partial charge in [-0.3, -0.25) is 4.98 Å². The van der Waals surface area contributed by atoms with E-state index in [0.29, 0.717) is 6.54 Å². The zero-order chi connectivity index (χ0) is 13.9. The van der Waals surface area contributed by atoms with Gasteiger partial charge in [0.2, 0.25) is 0 Å². The summed E-state index contributed by atoms with van der Waals surface area (Å²) in [5, 5.41) is 2.80. The van der Waals surface area contributed by atoms with Crippen LogP contribution in [0.15, 0.2) is 42.6 Å². The van der Waals surface area contributed by atoms with Crippen LogP contribution in [0.25, 0.3) is 0 Å². The van der Waals surface area contributed by atoms with Crippen molar-refractivity contribution in [2.24, 2.45) is 0 Å². The Bertz CT molecular complexity index is 547. The van der Waals surface area contributed by atoms with E-state index in [1.807, 2.05) is 19.1 Å². The van der Waals surface area contributed by atoms with Gasteiger partial charge in [-0.05, 0) is 30.7 Å². The summed E-state index contributed by atoms with van der Waals surface area (Å²) in [5.41, 5.74) is 1.13. The van der Waals surface area contributed by atoms with E-state index in [0.717, 1.165) is 17.3 Å². The minimum absolute atomic E-state index is 0.0792. The van der Waals surface area contributed by atoms with E-state index in [-0.39, 0.29) is 5.69 Å².